The summed E-state index contributed by atoms with van der Waals surface area (Å²) in [5.74, 6) is 2.48. The molecule has 0 bridgehead atoms. The Morgan fingerprint density at radius 3 is 3.09 bits per heavy atom. The monoisotopic (exact) mass is 213 g/mol. The van der Waals surface area contributed by atoms with E-state index in [4.69, 9.17) is 6.42 Å². The first-order valence-corrected chi connectivity index (χ1v) is 3.90. The zero-order chi connectivity index (χ0) is 8.27. The molecule has 1 heterocycles. The zero-order valence-electron chi connectivity index (χ0n) is 6.13. The van der Waals surface area contributed by atoms with Crippen LogP contribution in [0.15, 0.2) is 10.8 Å². The summed E-state index contributed by atoms with van der Waals surface area (Å²) in [6, 6.07) is 0. The number of aryl methyl sites for hydroxylation is 1. The van der Waals surface area contributed by atoms with Crippen LogP contribution in [-0.2, 0) is 7.05 Å². The lowest BCUT2D eigenvalue weighted by Gasteiger charge is -1.97. The lowest BCUT2D eigenvalue weighted by Crippen LogP contribution is -1.98. The van der Waals surface area contributed by atoms with E-state index in [1.54, 1.807) is 10.9 Å². The van der Waals surface area contributed by atoms with Gasteiger partial charge in [0.2, 0.25) is 0 Å². The van der Waals surface area contributed by atoms with Gasteiger partial charge < -0.3 is 5.32 Å². The molecule has 1 N–H and O–H groups in total. The highest BCUT2D eigenvalue weighted by molar-refractivity contribution is 9.10. The van der Waals surface area contributed by atoms with E-state index in [0.29, 0.717) is 6.54 Å². The van der Waals surface area contributed by atoms with E-state index < -0.39 is 0 Å². The molecule has 0 fully saturated rings. The second-order valence-electron chi connectivity index (χ2n) is 2.03. The first-order valence-electron chi connectivity index (χ1n) is 3.10. The molecule has 0 spiro atoms. The predicted octanol–water partition coefficient (Wildman–Crippen LogP) is 1.23. The standard InChI is InChI=1S/C7H8BrN3/c1-3-4-9-6-5-10-11(2)7(6)8/h1,5,9H,4H2,2H3. The normalized spacial score (nSPS) is 9.18. The van der Waals surface area contributed by atoms with Crippen LogP contribution in [0.4, 0.5) is 5.69 Å². The fraction of sp³-hybridized carbons (Fsp3) is 0.286. The first-order chi connectivity index (χ1) is 5.25. The number of nitrogens with one attached hydrogen (secondary N) is 1. The summed E-state index contributed by atoms with van der Waals surface area (Å²) >= 11 is 3.35. The van der Waals surface area contributed by atoms with Crippen molar-refractivity contribution in [3.8, 4) is 12.3 Å². The van der Waals surface area contributed by atoms with E-state index in [-0.39, 0.29) is 0 Å². The fourth-order valence-electron chi connectivity index (χ4n) is 0.687. The van der Waals surface area contributed by atoms with Gasteiger partial charge in [-0.3, -0.25) is 4.68 Å². The van der Waals surface area contributed by atoms with E-state index in [1.165, 1.54) is 0 Å². The van der Waals surface area contributed by atoms with Crippen molar-refractivity contribution in [2.75, 3.05) is 11.9 Å². The number of hydrogen-bond acceptors (Lipinski definition) is 2. The van der Waals surface area contributed by atoms with Crippen molar-refractivity contribution in [2.45, 2.75) is 0 Å². The summed E-state index contributed by atoms with van der Waals surface area (Å²) in [4.78, 5) is 0. The number of aromatic nitrogens is 2. The van der Waals surface area contributed by atoms with E-state index in [1.807, 2.05) is 7.05 Å². The van der Waals surface area contributed by atoms with Gasteiger partial charge in [0, 0.05) is 7.05 Å². The molecule has 0 atom stereocenters. The van der Waals surface area contributed by atoms with Crippen LogP contribution in [0.3, 0.4) is 0 Å². The molecular weight excluding hydrogens is 206 g/mol. The summed E-state index contributed by atoms with van der Waals surface area (Å²) in [5.41, 5.74) is 0.922. The molecule has 11 heavy (non-hydrogen) atoms. The van der Waals surface area contributed by atoms with Gasteiger partial charge in [-0.15, -0.1) is 6.42 Å². The third kappa shape index (κ3) is 1.75. The second kappa shape index (κ2) is 3.44. The largest absolute Gasteiger partial charge is 0.371 e. The van der Waals surface area contributed by atoms with Crippen LogP contribution < -0.4 is 5.32 Å². The Kier molecular flexibility index (Phi) is 2.55. The summed E-state index contributed by atoms with van der Waals surface area (Å²) in [7, 11) is 1.85. The lowest BCUT2D eigenvalue weighted by atomic mass is 10.5. The van der Waals surface area contributed by atoms with Crippen molar-refractivity contribution in [1.29, 1.82) is 0 Å². The van der Waals surface area contributed by atoms with Gasteiger partial charge >= 0.3 is 0 Å². The molecule has 4 heteroatoms. The van der Waals surface area contributed by atoms with Crippen molar-refractivity contribution in [2.24, 2.45) is 7.05 Å². The van der Waals surface area contributed by atoms with Crippen molar-refractivity contribution in [3.05, 3.63) is 10.8 Å². The Morgan fingerprint density at radius 2 is 2.64 bits per heavy atom. The SMILES string of the molecule is C#CCNc1cnn(C)c1Br. The molecule has 58 valence electrons. The van der Waals surface area contributed by atoms with Gasteiger partial charge in [0.1, 0.15) is 4.60 Å². The van der Waals surface area contributed by atoms with Crippen LogP contribution >= 0.6 is 15.9 Å². The summed E-state index contributed by atoms with van der Waals surface area (Å²) in [5, 5.41) is 7.02. The molecule has 1 aromatic heterocycles. The summed E-state index contributed by atoms with van der Waals surface area (Å²) in [6.45, 7) is 0.518. The van der Waals surface area contributed by atoms with Gasteiger partial charge in [-0.1, -0.05) is 5.92 Å². The van der Waals surface area contributed by atoms with Crippen LogP contribution in [0.5, 0.6) is 0 Å². The third-order valence-corrected chi connectivity index (χ3v) is 2.19. The highest BCUT2D eigenvalue weighted by atomic mass is 79.9. The van der Waals surface area contributed by atoms with Crippen LogP contribution in [0.25, 0.3) is 0 Å². The summed E-state index contributed by atoms with van der Waals surface area (Å²) < 4.78 is 2.63. The molecule has 1 rings (SSSR count). The van der Waals surface area contributed by atoms with Gasteiger partial charge in [0.15, 0.2) is 0 Å². The molecule has 0 unspecified atom stereocenters. The zero-order valence-corrected chi connectivity index (χ0v) is 7.72. The molecule has 0 aliphatic carbocycles. The molecular formula is C7H8BrN3. The average Bonchev–Trinajstić information content (AvgIpc) is 2.31. The van der Waals surface area contributed by atoms with Gasteiger partial charge in [-0.2, -0.15) is 5.10 Å². The predicted molar refractivity (Wildman–Crippen MR) is 48.2 cm³/mol. The van der Waals surface area contributed by atoms with Crippen LogP contribution in [0.1, 0.15) is 0 Å². The van der Waals surface area contributed by atoms with E-state index in [9.17, 15) is 0 Å². The maximum atomic E-state index is 5.08. The number of anilines is 1. The maximum Gasteiger partial charge on any atom is 0.126 e. The smallest absolute Gasteiger partial charge is 0.126 e. The Bertz CT molecular complexity index is 284. The van der Waals surface area contributed by atoms with Crippen molar-refractivity contribution in [3.63, 3.8) is 0 Å². The van der Waals surface area contributed by atoms with E-state index in [2.05, 4.69) is 32.3 Å². The quantitative estimate of drug-likeness (QED) is 0.750. The molecule has 0 aromatic carbocycles. The fourth-order valence-corrected chi connectivity index (χ4v) is 1.02. The average molecular weight is 214 g/mol. The Hall–Kier alpha value is -0.950. The number of halogens is 1. The molecule has 3 nitrogen and oxygen atoms in total. The molecule has 1 aromatic rings. The van der Waals surface area contributed by atoms with Gasteiger partial charge in [-0.25, -0.2) is 0 Å². The minimum absolute atomic E-state index is 0.518. The third-order valence-electron chi connectivity index (χ3n) is 1.25. The number of terminal acetylenes is 1. The Morgan fingerprint density at radius 1 is 1.91 bits per heavy atom. The highest BCUT2D eigenvalue weighted by Crippen LogP contribution is 2.19. The number of rotatable bonds is 2. The maximum absolute atomic E-state index is 5.08. The molecule has 0 amide bonds. The van der Waals surface area contributed by atoms with Crippen molar-refractivity contribution in [1.82, 2.24) is 9.78 Å². The van der Waals surface area contributed by atoms with Crippen LogP contribution in [0.2, 0.25) is 0 Å². The number of hydrogen-bond donors (Lipinski definition) is 1. The lowest BCUT2D eigenvalue weighted by molar-refractivity contribution is 0.750. The minimum atomic E-state index is 0.518. The Balaban J connectivity index is 2.72. The summed E-state index contributed by atoms with van der Waals surface area (Å²) in [6.07, 6.45) is 6.80. The molecule has 0 saturated heterocycles. The first kappa shape index (κ1) is 8.15. The van der Waals surface area contributed by atoms with Crippen molar-refractivity contribution < 1.29 is 0 Å². The van der Waals surface area contributed by atoms with Crippen molar-refractivity contribution >= 4 is 21.6 Å². The van der Waals surface area contributed by atoms with Crippen LogP contribution in [0, 0.1) is 12.3 Å². The number of nitrogens with zero attached hydrogens (tertiary/aromatic N) is 2. The van der Waals surface area contributed by atoms with E-state index >= 15 is 0 Å². The molecule has 0 aliphatic heterocycles. The molecule has 0 saturated carbocycles. The van der Waals surface area contributed by atoms with Gasteiger partial charge in [-0.05, 0) is 15.9 Å². The highest BCUT2D eigenvalue weighted by Gasteiger charge is 2.01. The van der Waals surface area contributed by atoms with Gasteiger partial charge in [0.25, 0.3) is 0 Å². The second-order valence-corrected chi connectivity index (χ2v) is 2.78. The topological polar surface area (TPSA) is 29.9 Å². The van der Waals surface area contributed by atoms with Gasteiger partial charge in [0.05, 0.1) is 18.4 Å². The Labute approximate surface area is 73.9 Å². The van der Waals surface area contributed by atoms with Crippen LogP contribution in [-0.4, -0.2) is 16.3 Å². The minimum Gasteiger partial charge on any atom is -0.371 e. The molecule has 0 radical (unpaired) electrons. The van der Waals surface area contributed by atoms with E-state index in [0.717, 1.165) is 10.3 Å². The molecule has 0 aliphatic rings.